The third kappa shape index (κ3) is 3.08. The van der Waals surface area contributed by atoms with Gasteiger partial charge in [-0.2, -0.15) is 0 Å². The fourth-order valence-corrected chi connectivity index (χ4v) is 8.93. The maximum Gasteiger partial charge on any atom is 0.407 e. The molecular weight excluding hydrogens is 454 g/mol. The molecule has 5 rings (SSSR count). The molecule has 4 aliphatic carbocycles. The van der Waals surface area contributed by atoms with Gasteiger partial charge in [-0.3, -0.25) is 4.79 Å². The first-order chi connectivity index (χ1) is 16.6. The summed E-state index contributed by atoms with van der Waals surface area (Å²) in [7, 11) is 1.41. The molecule has 3 N–H and O–H groups in total. The summed E-state index contributed by atoms with van der Waals surface area (Å²) in [6, 6.07) is 1.62. The number of fused-ring (bicyclic) bond motifs is 7. The normalized spacial score (nSPS) is 41.2. The van der Waals surface area contributed by atoms with Crippen LogP contribution in [0.5, 0.6) is 11.5 Å². The molecule has 0 unspecified atom stereocenters. The van der Waals surface area contributed by atoms with Gasteiger partial charge in [-0.25, -0.2) is 4.79 Å². The lowest BCUT2D eigenvalue weighted by atomic mass is 9.35. The number of carbonyl (C=O) groups is 2. The van der Waals surface area contributed by atoms with Crippen LogP contribution in [0.4, 0.5) is 4.79 Å². The second-order valence-electron chi connectivity index (χ2n) is 13.4. The van der Waals surface area contributed by atoms with E-state index < -0.39 is 0 Å². The summed E-state index contributed by atoms with van der Waals surface area (Å²) in [5, 5.41) is 24.0. The molecule has 3 fully saturated rings. The zero-order valence-electron chi connectivity index (χ0n) is 22.8. The first-order valence-electron chi connectivity index (χ1n) is 13.3. The molecule has 0 radical (unpaired) electrons. The predicted molar refractivity (Wildman–Crippen MR) is 138 cm³/mol. The van der Waals surface area contributed by atoms with Crippen molar-refractivity contribution in [2.75, 3.05) is 7.11 Å². The summed E-state index contributed by atoms with van der Waals surface area (Å²) < 4.78 is 4.95. The number of ether oxygens (including phenoxy) is 1. The van der Waals surface area contributed by atoms with Crippen LogP contribution in [0.2, 0.25) is 0 Å². The van der Waals surface area contributed by atoms with Crippen LogP contribution >= 0.6 is 0 Å². The van der Waals surface area contributed by atoms with Crippen molar-refractivity contribution in [1.82, 2.24) is 5.32 Å². The molecule has 4 aliphatic rings. The molecule has 0 bridgehead atoms. The number of ketones is 1. The first kappa shape index (κ1) is 25.2. The molecule has 1 aromatic carbocycles. The summed E-state index contributed by atoms with van der Waals surface area (Å²) >= 11 is 0. The molecule has 6 heteroatoms. The highest BCUT2D eigenvalue weighted by Crippen LogP contribution is 2.74. The Kier molecular flexibility index (Phi) is 5.25. The van der Waals surface area contributed by atoms with Crippen LogP contribution in [0.1, 0.15) is 101 Å². The van der Waals surface area contributed by atoms with E-state index >= 15 is 0 Å². The van der Waals surface area contributed by atoms with Crippen LogP contribution in [0, 0.1) is 29.1 Å². The Balaban J connectivity index is 1.62. The standard InChI is InChI=1S/C30H41NO5/c1-17-23-18(14-20(33)24(17)34)28(4)11-13-30(6)22-16-27(3,31-25(35)36-7)10-8-26(22,2)9-12-29(30,5)21(28)15-19(23)32/h14-15,22,33-34H,8-13,16H2,1-7H3,(H,31,35)/t22-,26-,27-,28+,29-,30+/m1/s1. The first-order valence-corrected chi connectivity index (χ1v) is 13.3. The van der Waals surface area contributed by atoms with Gasteiger partial charge in [-0.1, -0.05) is 27.7 Å². The number of carbonyl (C=O) groups excluding carboxylic acids is 2. The fourth-order valence-electron chi connectivity index (χ4n) is 8.93. The van der Waals surface area contributed by atoms with Gasteiger partial charge in [-0.15, -0.1) is 0 Å². The number of nitrogens with one attached hydrogen (secondary N) is 1. The summed E-state index contributed by atoms with van der Waals surface area (Å²) in [6.45, 7) is 13.3. The summed E-state index contributed by atoms with van der Waals surface area (Å²) in [5.41, 5.74) is 2.20. The minimum absolute atomic E-state index is 0.0589. The number of phenols is 2. The average molecular weight is 496 g/mol. The minimum atomic E-state index is -0.385. The predicted octanol–water partition coefficient (Wildman–Crippen LogP) is 6.31. The van der Waals surface area contributed by atoms with Gasteiger partial charge in [0.05, 0.1) is 7.11 Å². The Morgan fingerprint density at radius 2 is 1.69 bits per heavy atom. The van der Waals surface area contributed by atoms with Crippen molar-refractivity contribution < 1.29 is 24.5 Å². The van der Waals surface area contributed by atoms with Crippen LogP contribution in [-0.4, -0.2) is 34.7 Å². The molecule has 36 heavy (non-hydrogen) atoms. The van der Waals surface area contributed by atoms with Gasteiger partial charge in [0.2, 0.25) is 0 Å². The molecule has 6 nitrogen and oxygen atoms in total. The van der Waals surface area contributed by atoms with E-state index in [1.807, 2.05) is 6.08 Å². The maximum absolute atomic E-state index is 13.6. The Labute approximate surface area is 214 Å². The molecule has 0 aliphatic heterocycles. The van der Waals surface area contributed by atoms with Gasteiger partial charge < -0.3 is 20.3 Å². The average Bonchev–Trinajstić information content (AvgIpc) is 2.82. The highest BCUT2D eigenvalue weighted by atomic mass is 16.5. The number of allylic oxidation sites excluding steroid dienone is 2. The smallest absolute Gasteiger partial charge is 0.407 e. The van der Waals surface area contributed by atoms with Gasteiger partial charge in [0, 0.05) is 22.1 Å². The van der Waals surface area contributed by atoms with E-state index in [2.05, 4.69) is 39.9 Å². The molecule has 1 amide bonds. The van der Waals surface area contributed by atoms with Crippen molar-refractivity contribution in [2.24, 2.45) is 22.2 Å². The van der Waals surface area contributed by atoms with E-state index in [0.717, 1.165) is 50.5 Å². The zero-order valence-corrected chi connectivity index (χ0v) is 22.8. The van der Waals surface area contributed by atoms with Crippen LogP contribution in [0.25, 0.3) is 0 Å². The van der Waals surface area contributed by atoms with Crippen LogP contribution in [0.3, 0.4) is 0 Å². The van der Waals surface area contributed by atoms with Crippen LogP contribution in [-0.2, 0) is 10.2 Å². The lowest BCUT2D eigenvalue weighted by molar-refractivity contribution is -0.150. The number of rotatable bonds is 1. The van der Waals surface area contributed by atoms with Crippen LogP contribution < -0.4 is 5.32 Å². The summed E-state index contributed by atoms with van der Waals surface area (Å²) in [5.74, 6) is -0.0721. The quantitative estimate of drug-likeness (QED) is 0.397. The Morgan fingerprint density at radius 1 is 1.03 bits per heavy atom. The van der Waals surface area contributed by atoms with Gasteiger partial charge in [0.25, 0.3) is 0 Å². The van der Waals surface area contributed by atoms with E-state index in [9.17, 15) is 19.8 Å². The van der Waals surface area contributed by atoms with Crippen molar-refractivity contribution in [1.29, 1.82) is 0 Å². The number of hydrogen-bond donors (Lipinski definition) is 3. The Hall–Kier alpha value is -2.50. The van der Waals surface area contributed by atoms with E-state index in [0.29, 0.717) is 17.0 Å². The second kappa shape index (κ2) is 7.52. The number of aromatic hydroxyl groups is 2. The zero-order chi connectivity index (χ0) is 26.5. The largest absolute Gasteiger partial charge is 0.504 e. The molecular formula is C30H41NO5. The minimum Gasteiger partial charge on any atom is -0.504 e. The van der Waals surface area contributed by atoms with E-state index in [-0.39, 0.29) is 50.6 Å². The SMILES string of the molecule is COC(=O)N[C@]1(C)CC[C@]2(C)CC[C@]3(C)C4=CC(=O)c5c(cc(O)c(O)c5C)[C@]4(C)CC[C@@]3(C)[C@@H]2C1. The molecule has 0 heterocycles. The third-order valence-electron chi connectivity index (χ3n) is 11.5. The van der Waals surface area contributed by atoms with E-state index in [1.165, 1.54) is 12.7 Å². The number of phenolic OH excluding ortho intramolecular Hbond substituents is 2. The number of alkyl carbamates (subject to hydrolysis) is 1. The number of methoxy groups -OCH3 is 1. The van der Waals surface area contributed by atoms with Crippen molar-refractivity contribution in [3.63, 3.8) is 0 Å². The lowest BCUT2D eigenvalue weighted by Gasteiger charge is -2.70. The van der Waals surface area contributed by atoms with Crippen molar-refractivity contribution in [3.05, 3.63) is 34.4 Å². The van der Waals surface area contributed by atoms with Gasteiger partial charge in [0.1, 0.15) is 0 Å². The lowest BCUT2D eigenvalue weighted by Crippen LogP contribution is -2.64. The molecule has 1 aromatic rings. The summed E-state index contributed by atoms with van der Waals surface area (Å²) in [6.07, 6.45) is 8.27. The number of hydrogen-bond acceptors (Lipinski definition) is 5. The maximum atomic E-state index is 13.6. The third-order valence-corrected chi connectivity index (χ3v) is 11.5. The Bertz CT molecular complexity index is 1200. The van der Waals surface area contributed by atoms with E-state index in [4.69, 9.17) is 4.74 Å². The van der Waals surface area contributed by atoms with Crippen molar-refractivity contribution in [3.8, 4) is 11.5 Å². The molecule has 3 saturated carbocycles. The van der Waals surface area contributed by atoms with Gasteiger partial charge in [0.15, 0.2) is 17.3 Å². The second-order valence-corrected chi connectivity index (χ2v) is 13.4. The molecule has 6 atom stereocenters. The molecule has 0 aromatic heterocycles. The van der Waals surface area contributed by atoms with Gasteiger partial charge in [-0.05, 0) is 104 Å². The van der Waals surface area contributed by atoms with Crippen molar-refractivity contribution in [2.45, 2.75) is 97.4 Å². The van der Waals surface area contributed by atoms with Crippen LogP contribution in [0.15, 0.2) is 17.7 Å². The number of amides is 1. The number of benzene rings is 1. The summed E-state index contributed by atoms with van der Waals surface area (Å²) in [4.78, 5) is 25.8. The van der Waals surface area contributed by atoms with E-state index in [1.54, 1.807) is 13.0 Å². The fraction of sp³-hybridized carbons (Fsp3) is 0.667. The highest BCUT2D eigenvalue weighted by molar-refractivity contribution is 6.10. The monoisotopic (exact) mass is 495 g/mol. The molecule has 196 valence electrons. The molecule has 0 spiro atoms. The topological polar surface area (TPSA) is 95.9 Å². The van der Waals surface area contributed by atoms with Crippen molar-refractivity contribution >= 4 is 11.9 Å². The Morgan fingerprint density at radius 3 is 2.36 bits per heavy atom. The van der Waals surface area contributed by atoms with Gasteiger partial charge >= 0.3 is 6.09 Å². The highest BCUT2D eigenvalue weighted by Gasteiger charge is 2.67. The molecule has 0 saturated heterocycles.